The number of benzene rings is 1. The number of aromatic nitrogens is 5. The van der Waals surface area contributed by atoms with Crippen molar-refractivity contribution < 1.29 is 0 Å². The Balaban J connectivity index is 1.41. The molecule has 0 N–H and O–H groups in total. The van der Waals surface area contributed by atoms with Crippen LogP contribution in [0.5, 0.6) is 0 Å². The van der Waals surface area contributed by atoms with Gasteiger partial charge in [-0.2, -0.15) is 5.10 Å². The molecule has 3 aromatic rings. The molecule has 1 fully saturated rings. The van der Waals surface area contributed by atoms with Gasteiger partial charge >= 0.3 is 0 Å². The number of halogens is 1. The molecule has 1 saturated heterocycles. The molecule has 4 rings (SSSR count). The van der Waals surface area contributed by atoms with Gasteiger partial charge in [-0.25, -0.2) is 0 Å². The van der Waals surface area contributed by atoms with E-state index in [4.69, 9.17) is 11.6 Å². The van der Waals surface area contributed by atoms with E-state index in [2.05, 4.69) is 43.8 Å². The van der Waals surface area contributed by atoms with Gasteiger partial charge in [0.2, 0.25) is 0 Å². The Labute approximate surface area is 164 Å². The summed E-state index contributed by atoms with van der Waals surface area (Å²) in [6, 6.07) is 10.1. The van der Waals surface area contributed by atoms with E-state index in [1.165, 1.54) is 5.56 Å². The van der Waals surface area contributed by atoms with Crippen LogP contribution in [0.15, 0.2) is 42.7 Å². The van der Waals surface area contributed by atoms with E-state index in [-0.39, 0.29) is 0 Å². The Hall–Kier alpha value is -2.18. The zero-order chi connectivity index (χ0) is 18.6. The average molecular weight is 385 g/mol. The minimum absolute atomic E-state index is 0.464. The maximum absolute atomic E-state index is 6.31. The largest absolute Gasteiger partial charge is 0.313 e. The molecule has 0 amide bonds. The van der Waals surface area contributed by atoms with Crippen LogP contribution in [-0.4, -0.2) is 42.5 Å². The normalized spacial score (nSPS) is 16.1. The summed E-state index contributed by atoms with van der Waals surface area (Å²) in [5.74, 6) is 2.57. The maximum Gasteiger partial charge on any atom is 0.154 e. The maximum atomic E-state index is 6.31. The minimum Gasteiger partial charge on any atom is -0.313 e. The first-order valence-electron chi connectivity index (χ1n) is 9.59. The number of nitrogens with zero attached hydrogens (tertiary/aromatic N) is 6. The molecule has 0 aliphatic carbocycles. The highest BCUT2D eigenvalue weighted by Crippen LogP contribution is 2.29. The Bertz CT molecular complexity index is 864. The summed E-state index contributed by atoms with van der Waals surface area (Å²) < 4.78 is 4.15. The van der Waals surface area contributed by atoms with Crippen molar-refractivity contribution in [3.8, 4) is 0 Å². The fourth-order valence-corrected chi connectivity index (χ4v) is 4.06. The highest BCUT2D eigenvalue weighted by Gasteiger charge is 2.26. The van der Waals surface area contributed by atoms with Gasteiger partial charge in [0, 0.05) is 36.4 Å². The van der Waals surface area contributed by atoms with Crippen LogP contribution in [0.4, 0.5) is 0 Å². The molecule has 3 heterocycles. The monoisotopic (exact) mass is 384 g/mol. The number of hydrogen-bond donors (Lipinski definition) is 0. The third-order valence-corrected chi connectivity index (χ3v) is 5.71. The molecule has 0 bridgehead atoms. The van der Waals surface area contributed by atoms with Gasteiger partial charge in [-0.1, -0.05) is 29.8 Å². The molecular weight excluding hydrogens is 360 g/mol. The van der Waals surface area contributed by atoms with Crippen LogP contribution < -0.4 is 0 Å². The van der Waals surface area contributed by atoms with Gasteiger partial charge in [0.05, 0.1) is 0 Å². The van der Waals surface area contributed by atoms with E-state index >= 15 is 0 Å². The summed E-state index contributed by atoms with van der Waals surface area (Å²) in [5, 5.41) is 14.1. The van der Waals surface area contributed by atoms with Gasteiger partial charge in [0.15, 0.2) is 5.82 Å². The lowest BCUT2D eigenvalue weighted by atomic mass is 9.95. The zero-order valence-electron chi connectivity index (χ0n) is 15.6. The molecule has 142 valence electrons. The molecule has 6 nitrogen and oxygen atoms in total. The van der Waals surface area contributed by atoms with Gasteiger partial charge < -0.3 is 4.57 Å². The molecule has 1 aliphatic heterocycles. The molecular formula is C20H25ClN6. The highest BCUT2D eigenvalue weighted by atomic mass is 35.5. The first-order valence-corrected chi connectivity index (χ1v) is 9.97. The molecule has 1 aromatic carbocycles. The molecule has 1 aliphatic rings. The molecule has 7 heteroatoms. The van der Waals surface area contributed by atoms with Gasteiger partial charge in [0.1, 0.15) is 12.4 Å². The van der Waals surface area contributed by atoms with E-state index in [0.29, 0.717) is 12.5 Å². The Kier molecular flexibility index (Phi) is 5.55. The predicted molar refractivity (Wildman–Crippen MR) is 106 cm³/mol. The van der Waals surface area contributed by atoms with Crippen LogP contribution >= 0.6 is 11.6 Å². The highest BCUT2D eigenvalue weighted by molar-refractivity contribution is 6.31. The summed E-state index contributed by atoms with van der Waals surface area (Å²) >= 11 is 6.31. The molecule has 2 aromatic heterocycles. The summed E-state index contributed by atoms with van der Waals surface area (Å²) in [6.45, 7) is 6.74. The van der Waals surface area contributed by atoms with Crippen molar-refractivity contribution in [3.63, 3.8) is 0 Å². The number of piperidine rings is 1. The van der Waals surface area contributed by atoms with Gasteiger partial charge in [-0.3, -0.25) is 9.58 Å². The fraction of sp³-hybridized carbons (Fsp3) is 0.450. The second-order valence-electron chi connectivity index (χ2n) is 7.06. The van der Waals surface area contributed by atoms with Crippen molar-refractivity contribution in [2.45, 2.75) is 45.3 Å². The Morgan fingerprint density at radius 3 is 2.59 bits per heavy atom. The van der Waals surface area contributed by atoms with E-state index in [1.54, 1.807) is 6.20 Å². The van der Waals surface area contributed by atoms with Gasteiger partial charge in [-0.05, 0) is 50.6 Å². The number of hydrogen-bond acceptors (Lipinski definition) is 4. The van der Waals surface area contributed by atoms with Gasteiger partial charge in [-0.15, -0.1) is 10.2 Å². The minimum atomic E-state index is 0.464. The van der Waals surface area contributed by atoms with Crippen molar-refractivity contribution in [3.05, 3.63) is 65.0 Å². The van der Waals surface area contributed by atoms with Crippen molar-refractivity contribution in [2.24, 2.45) is 0 Å². The van der Waals surface area contributed by atoms with Crippen molar-refractivity contribution in [1.29, 1.82) is 0 Å². The van der Waals surface area contributed by atoms with E-state index in [9.17, 15) is 0 Å². The molecule has 0 unspecified atom stereocenters. The topological polar surface area (TPSA) is 51.8 Å². The summed E-state index contributed by atoms with van der Waals surface area (Å²) in [5.41, 5.74) is 1.20. The lowest BCUT2D eigenvalue weighted by Gasteiger charge is -2.31. The SMILES string of the molecule is CCn1c(Cn2cccn2)nnc1C1CCN(Cc2ccccc2Cl)CC1. The van der Waals surface area contributed by atoms with Crippen molar-refractivity contribution >= 4 is 11.6 Å². The van der Waals surface area contributed by atoms with Crippen molar-refractivity contribution in [2.75, 3.05) is 13.1 Å². The first kappa shape index (κ1) is 18.2. The lowest BCUT2D eigenvalue weighted by Crippen LogP contribution is -2.33. The van der Waals surface area contributed by atoms with E-state index in [1.807, 2.05) is 29.1 Å². The molecule has 0 saturated carbocycles. The summed E-state index contributed by atoms with van der Waals surface area (Å²) in [4.78, 5) is 2.48. The third kappa shape index (κ3) is 4.06. The smallest absolute Gasteiger partial charge is 0.154 e. The summed E-state index contributed by atoms with van der Waals surface area (Å²) in [7, 11) is 0. The second-order valence-corrected chi connectivity index (χ2v) is 7.47. The van der Waals surface area contributed by atoms with E-state index < -0.39 is 0 Å². The van der Waals surface area contributed by atoms with Crippen LogP contribution in [0.1, 0.15) is 42.9 Å². The Morgan fingerprint density at radius 2 is 1.89 bits per heavy atom. The average Bonchev–Trinajstić information content (AvgIpc) is 3.34. The van der Waals surface area contributed by atoms with Crippen LogP contribution in [0.2, 0.25) is 5.02 Å². The molecule has 0 spiro atoms. The van der Waals surface area contributed by atoms with Crippen LogP contribution in [0.3, 0.4) is 0 Å². The standard InChI is InChI=1S/C20H25ClN6/c1-2-27-19(15-26-11-5-10-22-26)23-24-20(27)16-8-12-25(13-9-16)14-17-6-3-4-7-18(17)21/h3-7,10-11,16H,2,8-9,12-15H2,1H3. The van der Waals surface area contributed by atoms with Crippen molar-refractivity contribution in [1.82, 2.24) is 29.4 Å². The van der Waals surface area contributed by atoms with Gasteiger partial charge in [0.25, 0.3) is 0 Å². The van der Waals surface area contributed by atoms with Crippen LogP contribution in [0.25, 0.3) is 0 Å². The third-order valence-electron chi connectivity index (χ3n) is 5.34. The van der Waals surface area contributed by atoms with E-state index in [0.717, 1.165) is 55.7 Å². The molecule has 0 atom stereocenters. The number of likely N-dealkylation sites (tertiary alicyclic amines) is 1. The quantitative estimate of drug-likeness (QED) is 0.651. The fourth-order valence-electron chi connectivity index (χ4n) is 3.87. The molecule has 27 heavy (non-hydrogen) atoms. The first-order chi connectivity index (χ1) is 13.2. The Morgan fingerprint density at radius 1 is 1.07 bits per heavy atom. The number of rotatable bonds is 6. The second kappa shape index (κ2) is 8.23. The molecule has 0 radical (unpaired) electrons. The lowest BCUT2D eigenvalue weighted by molar-refractivity contribution is 0.200. The van der Waals surface area contributed by atoms with Crippen LogP contribution in [-0.2, 0) is 19.6 Å². The van der Waals surface area contributed by atoms with Crippen LogP contribution in [0, 0.1) is 0 Å². The zero-order valence-corrected chi connectivity index (χ0v) is 16.4. The summed E-state index contributed by atoms with van der Waals surface area (Å²) in [6.07, 6.45) is 5.96. The predicted octanol–water partition coefficient (Wildman–Crippen LogP) is 3.58.